The van der Waals surface area contributed by atoms with E-state index in [1.807, 2.05) is 6.07 Å². The highest BCUT2D eigenvalue weighted by Gasteiger charge is 2.19. The van der Waals surface area contributed by atoms with E-state index in [1.54, 1.807) is 36.6 Å². The first-order chi connectivity index (χ1) is 18.0. The van der Waals surface area contributed by atoms with Crippen molar-refractivity contribution in [2.45, 2.75) is 32.4 Å². The van der Waals surface area contributed by atoms with E-state index in [0.29, 0.717) is 29.7 Å². The van der Waals surface area contributed by atoms with Crippen molar-refractivity contribution in [1.29, 1.82) is 5.26 Å². The van der Waals surface area contributed by atoms with E-state index in [0.717, 1.165) is 6.07 Å². The Bertz CT molecular complexity index is 1550. The third-order valence-electron chi connectivity index (χ3n) is 5.63. The highest BCUT2D eigenvalue weighted by molar-refractivity contribution is 6.05. The predicted molar refractivity (Wildman–Crippen MR) is 139 cm³/mol. The molecule has 3 aromatic carbocycles. The summed E-state index contributed by atoms with van der Waals surface area (Å²) in [6, 6.07) is 14.8. The van der Waals surface area contributed by atoms with E-state index >= 15 is 0 Å². The number of anilines is 3. The first-order valence-electron chi connectivity index (χ1n) is 11.6. The smallest absolute Gasteiger partial charge is 0.326 e. The van der Waals surface area contributed by atoms with Crippen LogP contribution in [-0.4, -0.2) is 32.2 Å². The number of nitriles is 1. The summed E-state index contributed by atoms with van der Waals surface area (Å²) >= 11 is 0. The minimum absolute atomic E-state index is 0.115. The van der Waals surface area contributed by atoms with Crippen LogP contribution in [0.2, 0.25) is 0 Å². The molecule has 0 bridgehead atoms. The first-order valence-corrected chi connectivity index (χ1v) is 11.6. The van der Waals surface area contributed by atoms with Gasteiger partial charge in [0.2, 0.25) is 5.95 Å². The molecule has 3 amide bonds. The number of nitrogens with one attached hydrogen (secondary N) is 3. The number of hydrogen-bond acceptors (Lipinski definition) is 5. The van der Waals surface area contributed by atoms with Crippen LogP contribution in [0.1, 0.15) is 36.2 Å². The molecule has 0 saturated carbocycles. The number of aliphatic hydroxyl groups is 1. The molecule has 0 atom stereocenters. The Morgan fingerprint density at radius 3 is 2.42 bits per heavy atom. The molecule has 1 heterocycles. The topological polar surface area (TPSA) is 132 Å². The Morgan fingerprint density at radius 1 is 1.03 bits per heavy atom. The molecule has 4 rings (SSSR count). The van der Waals surface area contributed by atoms with Gasteiger partial charge in [-0.3, -0.25) is 10.1 Å². The van der Waals surface area contributed by atoms with Crippen LogP contribution >= 0.6 is 0 Å². The van der Waals surface area contributed by atoms with Crippen molar-refractivity contribution >= 4 is 40.3 Å². The third kappa shape index (κ3) is 6.29. The summed E-state index contributed by atoms with van der Waals surface area (Å²) in [5.74, 6) is -1.52. The number of amides is 3. The number of aromatic nitrogens is 2. The molecular weight excluding hydrogens is 494 g/mol. The molecule has 4 aromatic rings. The van der Waals surface area contributed by atoms with E-state index in [4.69, 9.17) is 5.26 Å². The van der Waals surface area contributed by atoms with Gasteiger partial charge in [-0.05, 0) is 80.9 Å². The molecule has 4 N–H and O–H groups in total. The first kappa shape index (κ1) is 26.2. The van der Waals surface area contributed by atoms with Crippen molar-refractivity contribution < 1.29 is 23.5 Å². The van der Waals surface area contributed by atoms with Crippen molar-refractivity contribution in [3.8, 4) is 6.07 Å². The standard InChI is InChI=1S/C27H24F2N6O3/c1-27(2,38)11-12-35-23-10-8-19(31-24(36)17-4-6-18(28)7-5-17)14-22(23)32-25(35)34-26(37)33-21-9-3-16(15-30)13-20(21)29/h3-10,13-14,38H,11-12H2,1-2H3,(H,31,36)(H2,32,33,34,37). The number of fused-ring (bicyclic) bond motifs is 1. The van der Waals surface area contributed by atoms with Crippen LogP contribution in [0.25, 0.3) is 11.0 Å². The van der Waals surface area contributed by atoms with Crippen LogP contribution in [0.5, 0.6) is 0 Å². The number of hydrogen-bond donors (Lipinski definition) is 4. The molecule has 9 nitrogen and oxygen atoms in total. The summed E-state index contributed by atoms with van der Waals surface area (Å²) < 4.78 is 29.1. The second kappa shape index (κ2) is 10.7. The lowest BCUT2D eigenvalue weighted by atomic mass is 10.1. The van der Waals surface area contributed by atoms with Gasteiger partial charge in [0.25, 0.3) is 5.91 Å². The quantitative estimate of drug-likeness (QED) is 0.266. The summed E-state index contributed by atoms with van der Waals surface area (Å²) in [6.45, 7) is 3.60. The minimum atomic E-state index is -0.995. The maximum atomic E-state index is 14.2. The number of halogens is 2. The highest BCUT2D eigenvalue weighted by atomic mass is 19.1. The van der Waals surface area contributed by atoms with Gasteiger partial charge in [-0.2, -0.15) is 5.26 Å². The second-order valence-corrected chi connectivity index (χ2v) is 9.20. The molecule has 0 aliphatic rings. The fourth-order valence-electron chi connectivity index (χ4n) is 3.66. The third-order valence-corrected chi connectivity index (χ3v) is 5.63. The largest absolute Gasteiger partial charge is 0.390 e. The normalized spacial score (nSPS) is 11.2. The molecule has 0 aliphatic carbocycles. The molecule has 0 radical (unpaired) electrons. The van der Waals surface area contributed by atoms with Crippen LogP contribution in [0.4, 0.5) is 30.9 Å². The summed E-state index contributed by atoms with van der Waals surface area (Å²) in [6.07, 6.45) is 0.335. The minimum Gasteiger partial charge on any atom is -0.390 e. The zero-order valence-electron chi connectivity index (χ0n) is 20.5. The number of urea groups is 1. The van der Waals surface area contributed by atoms with Crippen LogP contribution in [0.15, 0.2) is 60.7 Å². The molecule has 0 fully saturated rings. The van der Waals surface area contributed by atoms with Crippen LogP contribution in [0, 0.1) is 23.0 Å². The molecule has 0 aliphatic heterocycles. The van der Waals surface area contributed by atoms with Crippen molar-refractivity contribution in [3.63, 3.8) is 0 Å². The monoisotopic (exact) mass is 518 g/mol. The summed E-state index contributed by atoms with van der Waals surface area (Å²) in [5, 5.41) is 26.8. The van der Waals surface area contributed by atoms with E-state index in [2.05, 4.69) is 20.9 Å². The number of aryl methyl sites for hydroxylation is 1. The number of rotatable bonds is 7. The Labute approximate surface area is 216 Å². The lowest BCUT2D eigenvalue weighted by Gasteiger charge is -2.18. The lowest BCUT2D eigenvalue weighted by molar-refractivity contribution is 0.0667. The van der Waals surface area contributed by atoms with Gasteiger partial charge in [-0.1, -0.05) is 0 Å². The van der Waals surface area contributed by atoms with Crippen molar-refractivity contribution in [2.75, 3.05) is 16.0 Å². The summed E-state index contributed by atoms with van der Waals surface area (Å²) in [5.41, 5.74) is 0.762. The van der Waals surface area contributed by atoms with E-state index in [9.17, 15) is 23.5 Å². The van der Waals surface area contributed by atoms with E-state index in [1.165, 1.54) is 36.4 Å². The second-order valence-electron chi connectivity index (χ2n) is 9.20. The number of imidazole rings is 1. The van der Waals surface area contributed by atoms with Gasteiger partial charge in [-0.25, -0.2) is 18.6 Å². The fraction of sp³-hybridized carbons (Fsp3) is 0.185. The fourth-order valence-corrected chi connectivity index (χ4v) is 3.66. The molecule has 194 valence electrons. The van der Waals surface area contributed by atoms with Crippen molar-refractivity contribution in [3.05, 3.63) is 83.4 Å². The van der Waals surface area contributed by atoms with Gasteiger partial charge in [-0.15, -0.1) is 0 Å². The molecule has 0 saturated heterocycles. The highest BCUT2D eigenvalue weighted by Crippen LogP contribution is 2.26. The molecular formula is C27H24F2N6O3. The lowest BCUT2D eigenvalue weighted by Crippen LogP contribution is -2.24. The Morgan fingerprint density at radius 2 is 1.76 bits per heavy atom. The molecule has 0 unspecified atom stereocenters. The van der Waals surface area contributed by atoms with Gasteiger partial charge in [0.1, 0.15) is 11.6 Å². The van der Waals surface area contributed by atoms with Crippen LogP contribution < -0.4 is 16.0 Å². The summed E-state index contributed by atoms with van der Waals surface area (Å²) in [7, 11) is 0. The van der Waals surface area contributed by atoms with Gasteiger partial charge in [0.05, 0.1) is 34.0 Å². The Kier molecular flexibility index (Phi) is 7.36. The van der Waals surface area contributed by atoms with Crippen LogP contribution in [0.3, 0.4) is 0 Å². The number of carbonyl (C=O) groups is 2. The van der Waals surface area contributed by atoms with Gasteiger partial charge >= 0.3 is 6.03 Å². The Hall–Kier alpha value is -4.82. The molecule has 0 spiro atoms. The zero-order valence-corrected chi connectivity index (χ0v) is 20.5. The van der Waals surface area contributed by atoms with Gasteiger partial charge in [0.15, 0.2) is 0 Å². The van der Waals surface area contributed by atoms with E-state index < -0.39 is 29.2 Å². The average Bonchev–Trinajstić information content (AvgIpc) is 3.19. The maximum Gasteiger partial charge on any atom is 0.326 e. The van der Waals surface area contributed by atoms with Gasteiger partial charge in [0, 0.05) is 17.8 Å². The van der Waals surface area contributed by atoms with Crippen molar-refractivity contribution in [2.24, 2.45) is 0 Å². The number of benzene rings is 3. The number of carbonyl (C=O) groups excluding carboxylic acids is 2. The SMILES string of the molecule is CC(C)(O)CCn1c(NC(=O)Nc2ccc(C#N)cc2F)nc2cc(NC(=O)c3ccc(F)cc3)ccc21. The summed E-state index contributed by atoms with van der Waals surface area (Å²) in [4.78, 5) is 29.7. The van der Waals surface area contributed by atoms with E-state index in [-0.39, 0.29) is 22.8 Å². The van der Waals surface area contributed by atoms with Crippen molar-refractivity contribution in [1.82, 2.24) is 9.55 Å². The Balaban J connectivity index is 1.59. The maximum absolute atomic E-state index is 14.2. The number of nitrogens with zero attached hydrogens (tertiary/aromatic N) is 3. The predicted octanol–water partition coefficient (Wildman–Crippen LogP) is 5.24. The average molecular weight is 519 g/mol. The molecule has 11 heteroatoms. The zero-order chi connectivity index (χ0) is 27.4. The van der Waals surface area contributed by atoms with Crippen LogP contribution in [-0.2, 0) is 6.54 Å². The molecule has 38 heavy (non-hydrogen) atoms. The van der Waals surface area contributed by atoms with Gasteiger partial charge < -0.3 is 20.3 Å². The molecule has 1 aromatic heterocycles.